The van der Waals surface area contributed by atoms with Crippen LogP contribution in [0.5, 0.6) is 0 Å². The van der Waals surface area contributed by atoms with Crippen LogP contribution in [0.1, 0.15) is 33.1 Å². The van der Waals surface area contributed by atoms with Gasteiger partial charge < -0.3 is 5.11 Å². The van der Waals surface area contributed by atoms with Gasteiger partial charge in [-0.3, -0.25) is 4.79 Å². The molecule has 0 fully saturated rings. The molecule has 0 spiro atoms. The molecule has 2 nitrogen and oxygen atoms in total. The highest BCUT2D eigenvalue weighted by Gasteiger charge is 2.02. The largest absolute Gasteiger partial charge is 0.393 e. The van der Waals surface area contributed by atoms with Crippen molar-refractivity contribution < 1.29 is 9.90 Å². The van der Waals surface area contributed by atoms with E-state index in [1.807, 2.05) is 13.8 Å². The lowest BCUT2D eigenvalue weighted by Crippen LogP contribution is -2.05. The Morgan fingerprint density at radius 3 is 2.73 bits per heavy atom. The summed E-state index contributed by atoms with van der Waals surface area (Å²) in [5.74, 6) is 0. The van der Waals surface area contributed by atoms with Crippen molar-refractivity contribution in [2.75, 3.05) is 0 Å². The summed E-state index contributed by atoms with van der Waals surface area (Å²) >= 11 is 0. The molecule has 0 aromatic carbocycles. The monoisotopic (exact) mass is 156 g/mol. The van der Waals surface area contributed by atoms with Gasteiger partial charge in [-0.25, -0.2) is 0 Å². The van der Waals surface area contributed by atoms with Gasteiger partial charge in [0.2, 0.25) is 0 Å². The number of rotatable bonds is 5. The number of carbonyl (C=O) groups excluding carboxylic acids is 1. The minimum Gasteiger partial charge on any atom is -0.393 e. The zero-order valence-corrected chi connectivity index (χ0v) is 7.21. The van der Waals surface area contributed by atoms with Gasteiger partial charge in [-0.05, 0) is 25.8 Å². The molecule has 11 heavy (non-hydrogen) atoms. The van der Waals surface area contributed by atoms with E-state index in [1.165, 1.54) is 6.08 Å². The lowest BCUT2D eigenvalue weighted by atomic mass is 10.1. The van der Waals surface area contributed by atoms with Crippen molar-refractivity contribution in [1.82, 2.24) is 0 Å². The topological polar surface area (TPSA) is 37.3 Å². The second kappa shape index (κ2) is 6.10. The van der Waals surface area contributed by atoms with Crippen LogP contribution < -0.4 is 0 Å². The molecule has 0 rings (SSSR count). The zero-order chi connectivity index (χ0) is 8.69. The van der Waals surface area contributed by atoms with Crippen molar-refractivity contribution >= 4 is 6.29 Å². The minimum atomic E-state index is -0.281. The molecule has 0 radical (unpaired) electrons. The summed E-state index contributed by atoms with van der Waals surface area (Å²) in [5, 5.41) is 9.29. The van der Waals surface area contributed by atoms with Crippen LogP contribution >= 0.6 is 0 Å². The van der Waals surface area contributed by atoms with Crippen molar-refractivity contribution in [1.29, 1.82) is 0 Å². The Bertz CT molecular complexity index is 138. The van der Waals surface area contributed by atoms with Crippen molar-refractivity contribution in [3.05, 3.63) is 11.6 Å². The Hall–Kier alpha value is -0.630. The average Bonchev–Trinajstić information content (AvgIpc) is 1.87. The molecule has 0 aliphatic carbocycles. The van der Waals surface area contributed by atoms with Gasteiger partial charge >= 0.3 is 0 Å². The number of aliphatic hydroxyl groups excluding tert-OH is 1. The van der Waals surface area contributed by atoms with Crippen LogP contribution in [0.2, 0.25) is 0 Å². The Kier molecular flexibility index (Phi) is 5.75. The van der Waals surface area contributed by atoms with Crippen molar-refractivity contribution in [3.63, 3.8) is 0 Å². The molecule has 2 heteroatoms. The predicted octanol–water partition coefficient (Wildman–Crippen LogP) is 1.68. The first-order valence-corrected chi connectivity index (χ1v) is 3.99. The summed E-state index contributed by atoms with van der Waals surface area (Å²) in [7, 11) is 0. The first-order chi connectivity index (χ1) is 5.20. The van der Waals surface area contributed by atoms with E-state index < -0.39 is 0 Å². The SMILES string of the molecule is CCC[C@@H](O)C/C(C)=C/C=O. The molecule has 1 N–H and O–H groups in total. The Labute approximate surface area is 67.9 Å². The third kappa shape index (κ3) is 5.80. The van der Waals surface area contributed by atoms with Gasteiger partial charge in [0.05, 0.1) is 6.10 Å². The Morgan fingerprint density at radius 2 is 2.27 bits per heavy atom. The third-order valence-electron chi connectivity index (χ3n) is 1.53. The summed E-state index contributed by atoms with van der Waals surface area (Å²) in [6, 6.07) is 0. The molecule has 0 bridgehead atoms. The highest BCUT2D eigenvalue weighted by Crippen LogP contribution is 2.08. The molecule has 0 aromatic heterocycles. The molecule has 0 aromatic rings. The fraction of sp³-hybridized carbons (Fsp3) is 0.667. The van der Waals surface area contributed by atoms with E-state index in [0.717, 1.165) is 24.7 Å². The summed E-state index contributed by atoms with van der Waals surface area (Å²) in [4.78, 5) is 10.00. The summed E-state index contributed by atoms with van der Waals surface area (Å²) in [6.45, 7) is 3.88. The van der Waals surface area contributed by atoms with Gasteiger partial charge in [-0.1, -0.05) is 18.9 Å². The first-order valence-electron chi connectivity index (χ1n) is 3.99. The normalized spacial score (nSPS) is 14.6. The van der Waals surface area contributed by atoms with Gasteiger partial charge in [0.1, 0.15) is 6.29 Å². The molecule has 64 valence electrons. The molecule has 0 aliphatic rings. The van der Waals surface area contributed by atoms with Gasteiger partial charge in [-0.15, -0.1) is 0 Å². The molecule has 0 saturated carbocycles. The van der Waals surface area contributed by atoms with E-state index in [9.17, 15) is 9.90 Å². The van der Waals surface area contributed by atoms with Crippen LogP contribution in [0, 0.1) is 0 Å². The van der Waals surface area contributed by atoms with Crippen LogP contribution in [-0.4, -0.2) is 17.5 Å². The van der Waals surface area contributed by atoms with Gasteiger partial charge in [0.15, 0.2) is 0 Å². The van der Waals surface area contributed by atoms with Gasteiger partial charge in [0.25, 0.3) is 0 Å². The molecule has 0 unspecified atom stereocenters. The average molecular weight is 156 g/mol. The maximum atomic E-state index is 10.00. The van der Waals surface area contributed by atoms with E-state index in [1.54, 1.807) is 0 Å². The molecular formula is C9H16O2. The van der Waals surface area contributed by atoms with Crippen LogP contribution in [0.4, 0.5) is 0 Å². The molecular weight excluding hydrogens is 140 g/mol. The van der Waals surface area contributed by atoms with Gasteiger partial charge in [0, 0.05) is 0 Å². The van der Waals surface area contributed by atoms with E-state index in [4.69, 9.17) is 0 Å². The molecule has 0 saturated heterocycles. The van der Waals surface area contributed by atoms with E-state index >= 15 is 0 Å². The van der Waals surface area contributed by atoms with Crippen molar-refractivity contribution in [2.24, 2.45) is 0 Å². The lowest BCUT2D eigenvalue weighted by Gasteiger charge is -2.07. The fourth-order valence-electron chi connectivity index (χ4n) is 0.991. The zero-order valence-electron chi connectivity index (χ0n) is 7.21. The number of hydrogen-bond donors (Lipinski definition) is 1. The van der Waals surface area contributed by atoms with E-state index in [-0.39, 0.29) is 6.10 Å². The van der Waals surface area contributed by atoms with Gasteiger partial charge in [-0.2, -0.15) is 0 Å². The summed E-state index contributed by atoms with van der Waals surface area (Å²) in [5.41, 5.74) is 0.945. The maximum Gasteiger partial charge on any atom is 0.142 e. The highest BCUT2D eigenvalue weighted by atomic mass is 16.3. The molecule has 0 heterocycles. The van der Waals surface area contributed by atoms with Crippen LogP contribution in [0.15, 0.2) is 11.6 Å². The number of aliphatic hydroxyl groups is 1. The molecule has 0 amide bonds. The molecule has 0 aliphatic heterocycles. The predicted molar refractivity (Wildman–Crippen MR) is 45.4 cm³/mol. The second-order valence-corrected chi connectivity index (χ2v) is 2.80. The number of hydrogen-bond acceptors (Lipinski definition) is 2. The summed E-state index contributed by atoms with van der Waals surface area (Å²) in [6.07, 6.45) is 4.38. The summed E-state index contributed by atoms with van der Waals surface area (Å²) < 4.78 is 0. The first kappa shape index (κ1) is 10.4. The highest BCUT2D eigenvalue weighted by molar-refractivity contribution is 5.65. The quantitative estimate of drug-likeness (QED) is 0.485. The number of aldehydes is 1. The fourth-order valence-corrected chi connectivity index (χ4v) is 0.991. The Morgan fingerprint density at radius 1 is 1.64 bits per heavy atom. The van der Waals surface area contributed by atoms with Crippen molar-refractivity contribution in [3.8, 4) is 0 Å². The lowest BCUT2D eigenvalue weighted by molar-refractivity contribution is -0.104. The van der Waals surface area contributed by atoms with Crippen LogP contribution in [-0.2, 0) is 4.79 Å². The van der Waals surface area contributed by atoms with Crippen molar-refractivity contribution in [2.45, 2.75) is 39.2 Å². The number of allylic oxidation sites excluding steroid dienone is 1. The van der Waals surface area contributed by atoms with Crippen LogP contribution in [0.3, 0.4) is 0 Å². The third-order valence-corrected chi connectivity index (χ3v) is 1.53. The standard InChI is InChI=1S/C9H16O2/c1-3-4-9(11)7-8(2)5-6-10/h5-6,9,11H,3-4,7H2,1-2H3/b8-5+/t9-/m1/s1. The van der Waals surface area contributed by atoms with Crippen LogP contribution in [0.25, 0.3) is 0 Å². The minimum absolute atomic E-state index is 0.281. The van der Waals surface area contributed by atoms with E-state index in [2.05, 4.69) is 0 Å². The second-order valence-electron chi connectivity index (χ2n) is 2.80. The smallest absolute Gasteiger partial charge is 0.142 e. The van der Waals surface area contributed by atoms with E-state index in [0.29, 0.717) is 6.42 Å². The number of carbonyl (C=O) groups is 1. The molecule has 1 atom stereocenters. The Balaban J connectivity index is 3.64. The maximum absolute atomic E-state index is 10.00.